The highest BCUT2D eigenvalue weighted by Crippen LogP contribution is 2.47. The first-order valence-electron chi connectivity index (χ1n) is 8.82. The molecule has 0 amide bonds. The minimum atomic E-state index is 0.00330. The van der Waals surface area contributed by atoms with Crippen molar-refractivity contribution >= 4 is 16.9 Å². The van der Waals surface area contributed by atoms with Crippen molar-refractivity contribution < 1.29 is 0 Å². The monoisotopic (exact) mass is 361 g/mol. The van der Waals surface area contributed by atoms with Crippen LogP contribution in [0.2, 0.25) is 0 Å². The summed E-state index contributed by atoms with van der Waals surface area (Å²) in [5.74, 6) is 0.931. The lowest BCUT2D eigenvalue weighted by atomic mass is 10.0. The lowest BCUT2D eigenvalue weighted by molar-refractivity contribution is 0.312. The SMILES string of the molecule is C[C@@H]1CN2C(=N[C@@H](c3ccccn3)[C@H]2c2cccn2-c2ccccn2)S1. The third-order valence-electron chi connectivity index (χ3n) is 4.86. The summed E-state index contributed by atoms with van der Waals surface area (Å²) in [7, 11) is 0. The summed E-state index contributed by atoms with van der Waals surface area (Å²) in [6, 6.07) is 16.5. The van der Waals surface area contributed by atoms with Crippen LogP contribution in [-0.4, -0.2) is 36.4 Å². The van der Waals surface area contributed by atoms with Crippen LogP contribution < -0.4 is 0 Å². The van der Waals surface area contributed by atoms with E-state index in [1.54, 1.807) is 0 Å². The Labute approximate surface area is 156 Å². The first-order valence-corrected chi connectivity index (χ1v) is 9.70. The molecule has 26 heavy (non-hydrogen) atoms. The summed E-state index contributed by atoms with van der Waals surface area (Å²) in [5.41, 5.74) is 2.22. The van der Waals surface area contributed by atoms with Gasteiger partial charge in [0.15, 0.2) is 5.17 Å². The quantitative estimate of drug-likeness (QED) is 0.711. The summed E-state index contributed by atoms with van der Waals surface area (Å²) in [6.07, 6.45) is 5.76. The molecule has 1 saturated heterocycles. The third-order valence-corrected chi connectivity index (χ3v) is 5.96. The van der Waals surface area contributed by atoms with Crippen LogP contribution in [0.25, 0.3) is 5.82 Å². The lowest BCUT2D eigenvalue weighted by Crippen LogP contribution is -2.30. The van der Waals surface area contributed by atoms with Crippen LogP contribution in [0.15, 0.2) is 72.1 Å². The van der Waals surface area contributed by atoms with Gasteiger partial charge in [0, 0.05) is 36.1 Å². The predicted molar refractivity (Wildman–Crippen MR) is 104 cm³/mol. The number of hydrogen-bond acceptors (Lipinski definition) is 5. The highest BCUT2D eigenvalue weighted by molar-refractivity contribution is 8.14. The zero-order chi connectivity index (χ0) is 17.5. The molecule has 5 heterocycles. The van der Waals surface area contributed by atoms with Gasteiger partial charge in [-0.15, -0.1) is 0 Å². The van der Waals surface area contributed by atoms with Crippen LogP contribution >= 0.6 is 11.8 Å². The van der Waals surface area contributed by atoms with E-state index in [0.29, 0.717) is 5.25 Å². The molecule has 2 aliphatic rings. The van der Waals surface area contributed by atoms with E-state index >= 15 is 0 Å². The molecule has 130 valence electrons. The molecule has 3 aromatic heterocycles. The van der Waals surface area contributed by atoms with Gasteiger partial charge in [-0.25, -0.2) is 4.98 Å². The van der Waals surface area contributed by atoms with Gasteiger partial charge < -0.3 is 9.47 Å². The Morgan fingerprint density at radius 1 is 1.00 bits per heavy atom. The van der Waals surface area contributed by atoms with Gasteiger partial charge in [0.05, 0.1) is 11.7 Å². The summed E-state index contributed by atoms with van der Waals surface area (Å²) in [5, 5.41) is 1.69. The molecule has 5 rings (SSSR count). The number of hydrogen-bond donors (Lipinski definition) is 0. The Morgan fingerprint density at radius 2 is 1.85 bits per heavy atom. The molecule has 0 spiro atoms. The van der Waals surface area contributed by atoms with Gasteiger partial charge in [-0.1, -0.05) is 30.8 Å². The van der Waals surface area contributed by atoms with E-state index in [-0.39, 0.29) is 12.1 Å². The largest absolute Gasteiger partial charge is 0.339 e. The van der Waals surface area contributed by atoms with Gasteiger partial charge in [-0.3, -0.25) is 9.98 Å². The topological polar surface area (TPSA) is 46.3 Å². The molecule has 0 unspecified atom stereocenters. The number of amidine groups is 1. The number of nitrogens with zero attached hydrogens (tertiary/aromatic N) is 5. The molecular formula is C20H19N5S. The standard InChI is InChI=1S/C20H19N5S/c1-14-13-25-19(16-8-6-12-24(16)17-9-3-5-11-22-17)18(23-20(25)26-14)15-7-2-4-10-21-15/h2-12,14,18-19H,13H2,1H3/t14-,18+,19-/m1/s1. The van der Waals surface area contributed by atoms with Crippen molar-refractivity contribution in [3.05, 3.63) is 78.5 Å². The van der Waals surface area contributed by atoms with Gasteiger partial charge in [-0.05, 0) is 36.4 Å². The zero-order valence-corrected chi connectivity index (χ0v) is 15.3. The smallest absolute Gasteiger partial charge is 0.160 e. The molecule has 3 atom stereocenters. The van der Waals surface area contributed by atoms with E-state index in [9.17, 15) is 0 Å². The van der Waals surface area contributed by atoms with Gasteiger partial charge in [0.25, 0.3) is 0 Å². The second-order valence-electron chi connectivity index (χ2n) is 6.63. The number of aliphatic imine (C=N–C) groups is 1. The van der Waals surface area contributed by atoms with Gasteiger partial charge in [0.1, 0.15) is 11.9 Å². The van der Waals surface area contributed by atoms with E-state index in [2.05, 4.69) is 50.8 Å². The molecule has 2 aliphatic heterocycles. The van der Waals surface area contributed by atoms with E-state index in [1.807, 2.05) is 54.5 Å². The molecule has 0 N–H and O–H groups in total. The molecule has 0 saturated carbocycles. The van der Waals surface area contributed by atoms with Crippen LogP contribution in [0, 0.1) is 0 Å². The van der Waals surface area contributed by atoms with Crippen molar-refractivity contribution in [3.63, 3.8) is 0 Å². The predicted octanol–water partition coefficient (Wildman–Crippen LogP) is 3.86. The summed E-state index contributed by atoms with van der Waals surface area (Å²) in [6.45, 7) is 3.26. The first-order chi connectivity index (χ1) is 12.8. The molecule has 5 nitrogen and oxygen atoms in total. The maximum atomic E-state index is 5.05. The molecule has 3 aromatic rings. The maximum absolute atomic E-state index is 5.05. The molecule has 0 aliphatic carbocycles. The van der Waals surface area contributed by atoms with Gasteiger partial charge in [-0.2, -0.15) is 0 Å². The van der Waals surface area contributed by atoms with Crippen molar-refractivity contribution in [2.45, 2.75) is 24.3 Å². The Kier molecular flexibility index (Phi) is 3.78. The van der Waals surface area contributed by atoms with Crippen LogP contribution in [0.3, 0.4) is 0 Å². The Balaban J connectivity index is 1.62. The summed E-state index contributed by atoms with van der Waals surface area (Å²) in [4.78, 5) is 16.6. The van der Waals surface area contributed by atoms with Crippen molar-refractivity contribution in [2.24, 2.45) is 4.99 Å². The van der Waals surface area contributed by atoms with E-state index in [1.165, 1.54) is 5.69 Å². The molecule has 0 radical (unpaired) electrons. The van der Waals surface area contributed by atoms with Crippen molar-refractivity contribution in [1.29, 1.82) is 0 Å². The third kappa shape index (κ3) is 2.52. The van der Waals surface area contributed by atoms with Crippen molar-refractivity contribution in [3.8, 4) is 5.82 Å². The number of pyridine rings is 2. The Morgan fingerprint density at radius 3 is 2.62 bits per heavy atom. The van der Waals surface area contributed by atoms with Gasteiger partial charge >= 0.3 is 0 Å². The molecule has 0 bridgehead atoms. The Hall–Kier alpha value is -2.60. The fourth-order valence-electron chi connectivity index (χ4n) is 3.78. The lowest BCUT2D eigenvalue weighted by Gasteiger charge is -2.28. The van der Waals surface area contributed by atoms with Crippen LogP contribution in [0.5, 0.6) is 0 Å². The minimum absolute atomic E-state index is 0.00330. The molecular weight excluding hydrogens is 342 g/mol. The van der Waals surface area contributed by atoms with Crippen LogP contribution in [0.4, 0.5) is 0 Å². The number of fused-ring (bicyclic) bond motifs is 1. The number of rotatable bonds is 3. The van der Waals surface area contributed by atoms with E-state index in [0.717, 1.165) is 23.2 Å². The van der Waals surface area contributed by atoms with Crippen LogP contribution in [-0.2, 0) is 0 Å². The summed E-state index contributed by atoms with van der Waals surface area (Å²) >= 11 is 1.86. The normalized spacial score (nSPS) is 24.6. The first kappa shape index (κ1) is 15.6. The average molecular weight is 361 g/mol. The second kappa shape index (κ2) is 6.29. The van der Waals surface area contributed by atoms with Crippen molar-refractivity contribution in [2.75, 3.05) is 6.54 Å². The second-order valence-corrected chi connectivity index (χ2v) is 8.03. The molecule has 6 heteroatoms. The van der Waals surface area contributed by atoms with E-state index in [4.69, 9.17) is 4.99 Å². The Bertz CT molecular complexity index is 937. The highest BCUT2D eigenvalue weighted by Gasteiger charge is 2.44. The number of aromatic nitrogens is 3. The van der Waals surface area contributed by atoms with E-state index < -0.39 is 0 Å². The highest BCUT2D eigenvalue weighted by atomic mass is 32.2. The fraction of sp³-hybridized carbons (Fsp3) is 0.250. The zero-order valence-electron chi connectivity index (χ0n) is 14.4. The molecule has 0 aromatic carbocycles. The average Bonchev–Trinajstić information content (AvgIpc) is 3.37. The van der Waals surface area contributed by atoms with Crippen molar-refractivity contribution in [1.82, 2.24) is 19.4 Å². The fourth-order valence-corrected chi connectivity index (χ4v) is 4.87. The minimum Gasteiger partial charge on any atom is -0.339 e. The summed E-state index contributed by atoms with van der Waals surface area (Å²) < 4.78 is 2.17. The van der Waals surface area contributed by atoms with Crippen LogP contribution in [0.1, 0.15) is 30.4 Å². The molecule has 1 fully saturated rings. The maximum Gasteiger partial charge on any atom is 0.160 e. The number of thioether (sulfide) groups is 1. The van der Waals surface area contributed by atoms with Gasteiger partial charge in [0.2, 0.25) is 0 Å².